The van der Waals surface area contributed by atoms with Crippen molar-refractivity contribution >= 4 is 56.7 Å². The summed E-state index contributed by atoms with van der Waals surface area (Å²) in [4.78, 5) is 23.7. The molecule has 0 atom stereocenters. The van der Waals surface area contributed by atoms with Gasteiger partial charge in [0, 0.05) is 5.02 Å². The van der Waals surface area contributed by atoms with Crippen LogP contribution in [0.25, 0.3) is 0 Å². The fourth-order valence-electron chi connectivity index (χ4n) is 2.02. The summed E-state index contributed by atoms with van der Waals surface area (Å²) in [6.45, 7) is 1.74. The number of nitrogens with one attached hydrogen (secondary N) is 3. The third-order valence-electron chi connectivity index (χ3n) is 3.29. The maximum atomic E-state index is 11.9. The maximum Gasteiger partial charge on any atom is 0.276 e. The number of thiocarbonyl (C=S) groups is 1. The smallest absolute Gasteiger partial charge is 0.276 e. The number of halogens is 2. The van der Waals surface area contributed by atoms with Crippen LogP contribution in [-0.4, -0.2) is 23.5 Å². The van der Waals surface area contributed by atoms with Gasteiger partial charge in [-0.2, -0.15) is 0 Å². The standard InChI is InChI=1S/C18H17BrClN3O3S/c1-11-2-7-15(14(19)8-11)26-10-17(25)22-23-18(27)21-16(24)9-12-3-5-13(20)6-4-12/h2-8H,9-10H2,1H3,(H,22,25)(H2,21,23,24,27). The molecule has 0 aliphatic carbocycles. The summed E-state index contributed by atoms with van der Waals surface area (Å²) < 4.78 is 6.17. The summed E-state index contributed by atoms with van der Waals surface area (Å²) in [7, 11) is 0. The van der Waals surface area contributed by atoms with Crippen molar-refractivity contribution in [2.75, 3.05) is 6.61 Å². The first kappa shape index (κ1) is 21.1. The molecule has 2 amide bonds. The minimum absolute atomic E-state index is 0.0150. The molecule has 0 radical (unpaired) electrons. The molecular formula is C18H17BrClN3O3S. The number of rotatable bonds is 5. The van der Waals surface area contributed by atoms with Gasteiger partial charge in [0.2, 0.25) is 5.91 Å². The first-order valence-electron chi connectivity index (χ1n) is 7.85. The lowest BCUT2D eigenvalue weighted by molar-refractivity contribution is -0.124. The number of hydrazine groups is 1. The predicted octanol–water partition coefficient (Wildman–Crippen LogP) is 3.05. The Labute approximate surface area is 175 Å². The van der Waals surface area contributed by atoms with E-state index in [1.165, 1.54) is 0 Å². The van der Waals surface area contributed by atoms with Crippen LogP contribution in [0.3, 0.4) is 0 Å². The third kappa shape index (κ3) is 7.54. The SMILES string of the molecule is Cc1ccc(OCC(=O)NNC(=S)NC(=O)Cc2ccc(Cl)cc2)c(Br)c1. The number of carbonyl (C=O) groups is 2. The quantitative estimate of drug-likeness (QED) is 0.462. The van der Waals surface area contributed by atoms with Gasteiger partial charge >= 0.3 is 0 Å². The molecule has 0 unspecified atom stereocenters. The van der Waals surface area contributed by atoms with Crippen LogP contribution in [0.1, 0.15) is 11.1 Å². The second-order valence-corrected chi connectivity index (χ2v) is 7.28. The monoisotopic (exact) mass is 469 g/mol. The van der Waals surface area contributed by atoms with Gasteiger partial charge in [-0.15, -0.1) is 0 Å². The van der Waals surface area contributed by atoms with Crippen molar-refractivity contribution in [3.05, 3.63) is 63.1 Å². The van der Waals surface area contributed by atoms with E-state index >= 15 is 0 Å². The summed E-state index contributed by atoms with van der Waals surface area (Å²) in [6, 6.07) is 12.4. The Morgan fingerprint density at radius 1 is 1.11 bits per heavy atom. The lowest BCUT2D eigenvalue weighted by Crippen LogP contribution is -2.49. The van der Waals surface area contributed by atoms with Gasteiger partial charge in [0.05, 0.1) is 10.9 Å². The van der Waals surface area contributed by atoms with E-state index in [4.69, 9.17) is 28.6 Å². The van der Waals surface area contributed by atoms with Gasteiger partial charge in [0.15, 0.2) is 11.7 Å². The molecule has 0 aliphatic heterocycles. The molecule has 0 heterocycles. The minimum Gasteiger partial charge on any atom is -0.483 e. The fourth-order valence-corrected chi connectivity index (χ4v) is 2.92. The topological polar surface area (TPSA) is 79.5 Å². The average molecular weight is 471 g/mol. The molecule has 0 saturated heterocycles. The van der Waals surface area contributed by atoms with Crippen molar-refractivity contribution in [1.29, 1.82) is 0 Å². The highest BCUT2D eigenvalue weighted by atomic mass is 79.9. The lowest BCUT2D eigenvalue weighted by atomic mass is 10.1. The minimum atomic E-state index is -0.447. The van der Waals surface area contributed by atoms with E-state index in [0.29, 0.717) is 10.8 Å². The van der Waals surface area contributed by atoms with Crippen LogP contribution in [0, 0.1) is 6.92 Å². The van der Waals surface area contributed by atoms with E-state index in [2.05, 4.69) is 32.1 Å². The zero-order chi connectivity index (χ0) is 19.8. The van der Waals surface area contributed by atoms with E-state index in [-0.39, 0.29) is 24.0 Å². The molecule has 2 aromatic carbocycles. The molecule has 0 aromatic heterocycles. The van der Waals surface area contributed by atoms with Crippen LogP contribution in [0.2, 0.25) is 5.02 Å². The van der Waals surface area contributed by atoms with Crippen molar-refractivity contribution < 1.29 is 14.3 Å². The van der Waals surface area contributed by atoms with Gasteiger partial charge in [-0.3, -0.25) is 20.4 Å². The highest BCUT2D eigenvalue weighted by Crippen LogP contribution is 2.25. The summed E-state index contributed by atoms with van der Waals surface area (Å²) in [6.07, 6.45) is 0.136. The molecule has 2 rings (SSSR count). The number of amides is 2. The Kier molecular flexibility index (Phi) is 8.02. The van der Waals surface area contributed by atoms with Crippen LogP contribution < -0.4 is 20.9 Å². The van der Waals surface area contributed by atoms with E-state index in [0.717, 1.165) is 15.6 Å². The fraction of sp³-hybridized carbons (Fsp3) is 0.167. The van der Waals surface area contributed by atoms with Crippen molar-refractivity contribution in [2.24, 2.45) is 0 Å². The molecule has 6 nitrogen and oxygen atoms in total. The van der Waals surface area contributed by atoms with E-state index < -0.39 is 5.91 Å². The Hall–Kier alpha value is -2.16. The van der Waals surface area contributed by atoms with Gasteiger partial charge < -0.3 is 10.1 Å². The summed E-state index contributed by atoms with van der Waals surface area (Å²) >= 11 is 14.1. The summed E-state index contributed by atoms with van der Waals surface area (Å²) in [5.41, 5.74) is 6.67. The second-order valence-electron chi connectivity index (χ2n) is 5.58. The first-order valence-corrected chi connectivity index (χ1v) is 9.43. The maximum absolute atomic E-state index is 11.9. The van der Waals surface area contributed by atoms with Gasteiger partial charge in [-0.1, -0.05) is 29.8 Å². The molecule has 0 fully saturated rings. The molecule has 2 aromatic rings. The molecule has 0 aliphatic rings. The second kappa shape index (κ2) is 10.2. The number of ether oxygens (including phenoxy) is 1. The van der Waals surface area contributed by atoms with Crippen molar-refractivity contribution in [3.8, 4) is 5.75 Å². The van der Waals surface area contributed by atoms with Crippen LogP contribution in [0.5, 0.6) is 5.75 Å². The molecular weight excluding hydrogens is 454 g/mol. The van der Waals surface area contributed by atoms with Crippen molar-refractivity contribution in [3.63, 3.8) is 0 Å². The molecule has 9 heteroatoms. The van der Waals surface area contributed by atoms with Crippen LogP contribution >= 0.6 is 39.7 Å². The lowest BCUT2D eigenvalue weighted by Gasteiger charge is -2.12. The zero-order valence-electron chi connectivity index (χ0n) is 14.3. The summed E-state index contributed by atoms with van der Waals surface area (Å²) in [5, 5.41) is 3.05. The van der Waals surface area contributed by atoms with Crippen molar-refractivity contribution in [1.82, 2.24) is 16.2 Å². The van der Waals surface area contributed by atoms with Gasteiger partial charge in [0.25, 0.3) is 5.91 Å². The third-order valence-corrected chi connectivity index (χ3v) is 4.37. The van der Waals surface area contributed by atoms with Gasteiger partial charge in [-0.25, -0.2) is 0 Å². The Morgan fingerprint density at radius 2 is 1.81 bits per heavy atom. The van der Waals surface area contributed by atoms with Crippen LogP contribution in [0.4, 0.5) is 0 Å². The number of carbonyl (C=O) groups excluding carboxylic acids is 2. The highest BCUT2D eigenvalue weighted by Gasteiger charge is 2.09. The molecule has 27 heavy (non-hydrogen) atoms. The molecule has 142 valence electrons. The highest BCUT2D eigenvalue weighted by molar-refractivity contribution is 9.10. The molecule has 0 bridgehead atoms. The Bertz CT molecular complexity index is 846. The van der Waals surface area contributed by atoms with E-state index in [1.807, 2.05) is 19.1 Å². The number of hydrogen-bond acceptors (Lipinski definition) is 4. The zero-order valence-corrected chi connectivity index (χ0v) is 17.5. The Morgan fingerprint density at radius 3 is 2.48 bits per heavy atom. The largest absolute Gasteiger partial charge is 0.483 e. The average Bonchev–Trinajstić information content (AvgIpc) is 2.61. The van der Waals surface area contributed by atoms with Gasteiger partial charge in [0.1, 0.15) is 5.75 Å². The molecule has 0 saturated carbocycles. The first-order chi connectivity index (χ1) is 12.8. The van der Waals surface area contributed by atoms with Crippen molar-refractivity contribution in [2.45, 2.75) is 13.3 Å². The molecule has 3 N–H and O–H groups in total. The van der Waals surface area contributed by atoms with Crippen LogP contribution in [-0.2, 0) is 16.0 Å². The molecule has 0 spiro atoms. The summed E-state index contributed by atoms with van der Waals surface area (Å²) in [5.74, 6) is -0.213. The van der Waals surface area contributed by atoms with E-state index in [9.17, 15) is 9.59 Å². The number of benzene rings is 2. The number of aryl methyl sites for hydroxylation is 1. The van der Waals surface area contributed by atoms with Crippen LogP contribution in [0.15, 0.2) is 46.9 Å². The number of hydrogen-bond donors (Lipinski definition) is 3. The van der Waals surface area contributed by atoms with E-state index in [1.54, 1.807) is 30.3 Å². The Balaban J connectivity index is 1.70. The normalized spacial score (nSPS) is 10.0. The predicted molar refractivity (Wildman–Crippen MR) is 112 cm³/mol. The van der Waals surface area contributed by atoms with Gasteiger partial charge in [-0.05, 0) is 70.5 Å².